The molecule has 1 rings (SSSR count). The molecule has 0 aliphatic carbocycles. The van der Waals surface area contributed by atoms with Gasteiger partial charge in [0.1, 0.15) is 0 Å². The fourth-order valence-electron chi connectivity index (χ4n) is 1.41. The molecule has 0 saturated heterocycles. The molecule has 1 aromatic rings. The van der Waals surface area contributed by atoms with Gasteiger partial charge in [0.15, 0.2) is 11.5 Å². The van der Waals surface area contributed by atoms with Gasteiger partial charge in [-0.3, -0.25) is 4.79 Å². The van der Waals surface area contributed by atoms with Crippen LogP contribution >= 0.6 is 11.8 Å². The number of anilines is 1. The minimum absolute atomic E-state index is 0.0353. The van der Waals surface area contributed by atoms with Gasteiger partial charge in [-0.2, -0.15) is 8.78 Å². The maximum atomic E-state index is 12.4. The molecule has 0 aromatic heterocycles. The second-order valence-corrected chi connectivity index (χ2v) is 4.69. The zero-order valence-electron chi connectivity index (χ0n) is 12.1. The van der Waals surface area contributed by atoms with E-state index in [0.717, 1.165) is 0 Å². The van der Waals surface area contributed by atoms with Crippen molar-refractivity contribution in [2.75, 3.05) is 11.5 Å². The first-order chi connectivity index (χ1) is 10.3. The fraction of sp³-hybridized carbons (Fsp3) is 0.385. The lowest BCUT2D eigenvalue weighted by Crippen LogP contribution is -2.27. The number of carbonyl (C=O) groups is 2. The molecule has 0 radical (unpaired) electrons. The van der Waals surface area contributed by atoms with E-state index in [1.165, 1.54) is 25.2 Å². The van der Waals surface area contributed by atoms with E-state index in [4.69, 9.17) is 21.3 Å². The summed E-state index contributed by atoms with van der Waals surface area (Å²) in [7, 11) is 1.38. The number of nitrogens with zero attached hydrogens (tertiary/aromatic N) is 1. The molecule has 6 nitrogen and oxygen atoms in total. The third kappa shape index (κ3) is 4.73. The molecular formula is C13H15ClF2N2O4. The smallest absolute Gasteiger partial charge is 0.412 e. The molecule has 9 heteroatoms. The van der Waals surface area contributed by atoms with Crippen molar-refractivity contribution >= 4 is 29.5 Å². The first kappa shape index (κ1) is 18.0. The molecule has 0 spiro atoms. The maximum absolute atomic E-state index is 12.4. The van der Waals surface area contributed by atoms with Gasteiger partial charge in [0, 0.05) is 24.9 Å². The average Bonchev–Trinajstić information content (AvgIpc) is 2.46. The second-order valence-electron chi connectivity index (χ2n) is 4.36. The Morgan fingerprint density at radius 3 is 2.41 bits per heavy atom. The first-order valence-corrected chi connectivity index (χ1v) is 6.58. The lowest BCUT2D eigenvalue weighted by Gasteiger charge is -2.18. The Morgan fingerprint density at radius 1 is 1.27 bits per heavy atom. The summed E-state index contributed by atoms with van der Waals surface area (Å²) in [6.45, 7) is 3.44. The molecular weight excluding hydrogens is 322 g/mol. The summed E-state index contributed by atoms with van der Waals surface area (Å²) in [6.07, 6.45) is -4.25. The molecule has 0 atom stereocenters. The van der Waals surface area contributed by atoms with E-state index in [1.807, 2.05) is 0 Å². The quantitative estimate of drug-likeness (QED) is 0.839. The average molecular weight is 337 g/mol. The van der Waals surface area contributed by atoms with E-state index in [2.05, 4.69) is 5.32 Å². The van der Waals surface area contributed by atoms with Crippen LogP contribution in [0.1, 0.15) is 13.8 Å². The number of halogens is 3. The van der Waals surface area contributed by atoms with Crippen molar-refractivity contribution in [3.05, 3.63) is 18.2 Å². The summed E-state index contributed by atoms with van der Waals surface area (Å²) in [5.41, 5.74) is -0.0353. The van der Waals surface area contributed by atoms with Gasteiger partial charge in [0.2, 0.25) is 0 Å². The summed E-state index contributed by atoms with van der Waals surface area (Å²) in [4.78, 5) is 22.5. The highest BCUT2D eigenvalue weighted by Crippen LogP contribution is 2.34. The van der Waals surface area contributed by atoms with Gasteiger partial charge in [0.25, 0.3) is 0 Å². The van der Waals surface area contributed by atoms with Crippen LogP contribution in [-0.2, 0) is 4.79 Å². The minimum Gasteiger partial charge on any atom is -0.487 e. The molecule has 0 unspecified atom stereocenters. The zero-order chi connectivity index (χ0) is 16.9. The fourth-order valence-corrected chi connectivity index (χ4v) is 1.59. The Kier molecular flexibility index (Phi) is 6.36. The molecule has 1 N–H and O–H groups in total. The normalized spacial score (nSPS) is 10.5. The molecule has 22 heavy (non-hydrogen) atoms. The number of hydrogen-bond acceptors (Lipinski definition) is 4. The van der Waals surface area contributed by atoms with Crippen molar-refractivity contribution in [1.29, 1.82) is 0 Å². The van der Waals surface area contributed by atoms with Gasteiger partial charge in [-0.15, -0.1) is 0 Å². The third-order valence-corrected chi connectivity index (χ3v) is 2.67. The van der Waals surface area contributed by atoms with E-state index >= 15 is 0 Å². The van der Waals surface area contributed by atoms with Gasteiger partial charge in [-0.25, -0.2) is 9.21 Å². The van der Waals surface area contributed by atoms with Gasteiger partial charge in [-0.1, -0.05) is 0 Å². The number of hydrogen-bond donors (Lipinski definition) is 1. The van der Waals surface area contributed by atoms with Crippen molar-refractivity contribution in [3.8, 4) is 11.5 Å². The summed E-state index contributed by atoms with van der Waals surface area (Å²) < 4.78 is 35.5. The standard InChI is InChI=1S/C13H15ClF2N2O4/c1-7(2)21-10-6-8(18(14)12(19)11(15)16)4-5-9(10)22-13(20)17-3/h4-7,11H,1-3H3,(H,17,20). The van der Waals surface area contributed by atoms with E-state index in [9.17, 15) is 18.4 Å². The predicted octanol–water partition coefficient (Wildman–Crippen LogP) is 2.94. The van der Waals surface area contributed by atoms with E-state index in [1.54, 1.807) is 13.8 Å². The molecule has 0 aliphatic heterocycles. The van der Waals surface area contributed by atoms with Crippen LogP contribution in [0.25, 0.3) is 0 Å². The van der Waals surface area contributed by atoms with E-state index < -0.39 is 18.4 Å². The number of nitrogens with one attached hydrogen (secondary N) is 1. The molecule has 0 bridgehead atoms. The molecule has 0 aliphatic rings. The van der Waals surface area contributed by atoms with Crippen LogP contribution in [0.3, 0.4) is 0 Å². The SMILES string of the molecule is CNC(=O)Oc1ccc(N(Cl)C(=O)C(F)F)cc1OC(C)C. The van der Waals surface area contributed by atoms with Crippen LogP contribution in [0.15, 0.2) is 18.2 Å². The summed E-state index contributed by atoms with van der Waals surface area (Å²) in [5, 5.41) is 2.26. The van der Waals surface area contributed by atoms with Gasteiger partial charge >= 0.3 is 18.4 Å². The Hall–Kier alpha value is -2.09. The van der Waals surface area contributed by atoms with Crippen LogP contribution in [0, 0.1) is 0 Å². The molecule has 122 valence electrons. The molecule has 0 saturated carbocycles. The largest absolute Gasteiger partial charge is 0.487 e. The Morgan fingerprint density at radius 2 is 1.91 bits per heavy atom. The van der Waals surface area contributed by atoms with Gasteiger partial charge in [-0.05, 0) is 26.0 Å². The van der Waals surface area contributed by atoms with Crippen molar-refractivity contribution in [2.45, 2.75) is 26.4 Å². The number of ether oxygens (including phenoxy) is 2. The van der Waals surface area contributed by atoms with E-state index in [0.29, 0.717) is 0 Å². The van der Waals surface area contributed by atoms with Crippen LogP contribution in [0.2, 0.25) is 0 Å². The van der Waals surface area contributed by atoms with Crippen LogP contribution in [-0.4, -0.2) is 31.6 Å². The highest BCUT2D eigenvalue weighted by atomic mass is 35.5. The maximum Gasteiger partial charge on any atom is 0.412 e. The Bertz CT molecular complexity index is 555. The monoisotopic (exact) mass is 336 g/mol. The molecule has 1 aromatic carbocycles. The van der Waals surface area contributed by atoms with Crippen LogP contribution in [0.4, 0.5) is 19.3 Å². The molecule has 0 heterocycles. The first-order valence-electron chi connectivity index (χ1n) is 6.24. The van der Waals surface area contributed by atoms with Crippen LogP contribution < -0.4 is 19.2 Å². The lowest BCUT2D eigenvalue weighted by atomic mass is 10.2. The molecule has 0 fully saturated rings. The van der Waals surface area contributed by atoms with Crippen molar-refractivity contribution in [1.82, 2.24) is 5.32 Å². The van der Waals surface area contributed by atoms with Crippen molar-refractivity contribution < 1.29 is 27.8 Å². The van der Waals surface area contributed by atoms with Crippen molar-refractivity contribution in [3.63, 3.8) is 0 Å². The predicted molar refractivity (Wildman–Crippen MR) is 76.6 cm³/mol. The number of alkyl halides is 2. The number of carbonyl (C=O) groups excluding carboxylic acids is 2. The minimum atomic E-state index is -3.24. The van der Waals surface area contributed by atoms with Gasteiger partial charge in [0.05, 0.1) is 11.8 Å². The Balaban J connectivity index is 3.13. The topological polar surface area (TPSA) is 67.9 Å². The summed E-state index contributed by atoms with van der Waals surface area (Å²) in [5.74, 6) is -1.42. The Labute approximate surface area is 131 Å². The lowest BCUT2D eigenvalue weighted by molar-refractivity contribution is -0.127. The third-order valence-electron chi connectivity index (χ3n) is 2.30. The van der Waals surface area contributed by atoms with Crippen LogP contribution in [0.5, 0.6) is 11.5 Å². The van der Waals surface area contributed by atoms with Crippen molar-refractivity contribution in [2.24, 2.45) is 0 Å². The molecule has 2 amide bonds. The zero-order valence-corrected chi connectivity index (χ0v) is 12.9. The highest BCUT2D eigenvalue weighted by molar-refractivity contribution is 6.37. The summed E-state index contributed by atoms with van der Waals surface area (Å²) >= 11 is 5.57. The number of benzene rings is 1. The summed E-state index contributed by atoms with van der Waals surface area (Å²) in [6, 6.07) is 3.76. The van der Waals surface area contributed by atoms with Gasteiger partial charge < -0.3 is 14.8 Å². The number of amides is 2. The number of rotatable bonds is 5. The van der Waals surface area contributed by atoms with E-state index in [-0.39, 0.29) is 27.7 Å². The highest BCUT2D eigenvalue weighted by Gasteiger charge is 2.24. The second kappa shape index (κ2) is 7.79.